The summed E-state index contributed by atoms with van der Waals surface area (Å²) in [6.45, 7) is 0. The van der Waals surface area contributed by atoms with Crippen LogP contribution < -0.4 is 0 Å². The number of hydrogen-bond acceptors (Lipinski definition) is 2. The third kappa shape index (κ3) is 1.88. The molecule has 0 aliphatic heterocycles. The fourth-order valence-electron chi connectivity index (χ4n) is 0.551. The Bertz CT molecular complexity index is 242. The second kappa shape index (κ2) is 3.25. The average Bonchev–Trinajstić information content (AvgIpc) is 1.85. The van der Waals surface area contributed by atoms with Gasteiger partial charge in [0.15, 0.2) is 0 Å². The molecule has 2 nitrogen and oxygen atoms in total. The zero-order valence-electron chi connectivity index (χ0n) is 4.84. The van der Waals surface area contributed by atoms with Gasteiger partial charge < -0.3 is 0 Å². The molecule has 1 aromatic heterocycles. The number of carbonyl (C=O) groups is 1. The van der Waals surface area contributed by atoms with Crippen molar-refractivity contribution in [1.82, 2.24) is 4.98 Å². The minimum Gasteiger partial charge on any atom is -0.298 e. The molecule has 4 heteroatoms. The van der Waals surface area contributed by atoms with Gasteiger partial charge in [-0.2, -0.15) is 0 Å². The molecule has 52 valence electrons. The molecule has 0 fully saturated rings. The number of carbonyl (C=O) groups excluding carboxylic acids is 1. The number of pyridine rings is 1. The Hall–Kier alpha value is -0.220. The van der Waals surface area contributed by atoms with E-state index in [1.165, 1.54) is 0 Å². The van der Waals surface area contributed by atoms with Gasteiger partial charge in [-0.3, -0.25) is 4.79 Å². The van der Waals surface area contributed by atoms with Gasteiger partial charge in [-0.05, 0) is 44.0 Å². The van der Waals surface area contributed by atoms with E-state index in [1.807, 2.05) is 0 Å². The van der Waals surface area contributed by atoms with E-state index in [0.717, 1.165) is 6.29 Å². The van der Waals surface area contributed by atoms with E-state index in [9.17, 15) is 4.79 Å². The maximum Gasteiger partial charge on any atom is 0.150 e. The fraction of sp³-hybridized carbons (Fsp3) is 0. The number of halogens is 2. The second-order valence-corrected chi connectivity index (χ2v) is 3.29. The summed E-state index contributed by atoms with van der Waals surface area (Å²) in [6, 6.07) is 3.30. The molecule has 1 rings (SSSR count). The Morgan fingerprint density at radius 2 is 1.80 bits per heavy atom. The maximum atomic E-state index is 10.2. The summed E-state index contributed by atoms with van der Waals surface area (Å²) in [5.74, 6) is 0. The molecule has 0 saturated heterocycles. The molecule has 0 bridgehead atoms. The molecule has 0 radical (unpaired) electrons. The first-order valence-electron chi connectivity index (χ1n) is 2.50. The fourth-order valence-corrected chi connectivity index (χ4v) is 1.70. The molecule has 0 aromatic carbocycles. The summed E-state index contributed by atoms with van der Waals surface area (Å²) >= 11 is 6.31. The predicted octanol–water partition coefficient (Wildman–Crippen LogP) is 2.42. The van der Waals surface area contributed by atoms with Crippen molar-refractivity contribution in [3.05, 3.63) is 26.9 Å². The Kier molecular flexibility index (Phi) is 2.56. The second-order valence-electron chi connectivity index (χ2n) is 1.66. The van der Waals surface area contributed by atoms with Gasteiger partial charge in [0.05, 0.1) is 0 Å². The summed E-state index contributed by atoms with van der Waals surface area (Å²) in [7, 11) is 0. The van der Waals surface area contributed by atoms with E-state index in [2.05, 4.69) is 36.8 Å². The van der Waals surface area contributed by atoms with Crippen LogP contribution in [0.1, 0.15) is 10.4 Å². The monoisotopic (exact) mass is 263 g/mol. The van der Waals surface area contributed by atoms with E-state index in [-0.39, 0.29) is 0 Å². The van der Waals surface area contributed by atoms with Crippen molar-refractivity contribution in [2.24, 2.45) is 0 Å². The maximum absolute atomic E-state index is 10.2. The lowest BCUT2D eigenvalue weighted by Gasteiger charge is -1.92. The van der Waals surface area contributed by atoms with Crippen molar-refractivity contribution >= 4 is 38.1 Å². The van der Waals surface area contributed by atoms with Crippen LogP contribution >= 0.6 is 31.9 Å². The summed E-state index contributed by atoms with van der Waals surface area (Å²) in [5.41, 5.74) is 0.605. The van der Waals surface area contributed by atoms with Crippen molar-refractivity contribution < 1.29 is 4.79 Å². The van der Waals surface area contributed by atoms with Crippen LogP contribution in [0, 0.1) is 0 Å². The van der Waals surface area contributed by atoms with Gasteiger partial charge in [-0.25, -0.2) is 4.98 Å². The summed E-state index contributed by atoms with van der Waals surface area (Å²) in [6.07, 6.45) is 0.775. The van der Waals surface area contributed by atoms with Gasteiger partial charge >= 0.3 is 0 Å². The summed E-state index contributed by atoms with van der Waals surface area (Å²) in [5, 5.41) is 0. The lowest BCUT2D eigenvalue weighted by Crippen LogP contribution is -1.83. The smallest absolute Gasteiger partial charge is 0.150 e. The number of nitrogens with zero attached hydrogens (tertiary/aromatic N) is 1. The highest BCUT2D eigenvalue weighted by Gasteiger charge is 1.95. The lowest BCUT2D eigenvalue weighted by atomic mass is 10.3. The van der Waals surface area contributed by atoms with Crippen LogP contribution in [-0.2, 0) is 0 Å². The zero-order chi connectivity index (χ0) is 7.56. The van der Waals surface area contributed by atoms with Crippen LogP contribution in [0.25, 0.3) is 0 Å². The van der Waals surface area contributed by atoms with Crippen molar-refractivity contribution in [1.29, 1.82) is 0 Å². The average molecular weight is 265 g/mol. The molecule has 0 N–H and O–H groups in total. The molecule has 10 heavy (non-hydrogen) atoms. The Morgan fingerprint density at radius 3 is 2.20 bits per heavy atom. The van der Waals surface area contributed by atoms with E-state index < -0.39 is 0 Å². The van der Waals surface area contributed by atoms with Crippen molar-refractivity contribution in [2.75, 3.05) is 0 Å². The molecule has 0 aliphatic rings. The quantitative estimate of drug-likeness (QED) is 0.576. The summed E-state index contributed by atoms with van der Waals surface area (Å²) in [4.78, 5) is 14.2. The molecule has 0 unspecified atom stereocenters. The van der Waals surface area contributed by atoms with Crippen LogP contribution in [0.2, 0.25) is 0 Å². The van der Waals surface area contributed by atoms with Gasteiger partial charge in [0.1, 0.15) is 15.5 Å². The predicted molar refractivity (Wildman–Crippen MR) is 45.0 cm³/mol. The third-order valence-corrected chi connectivity index (χ3v) is 1.73. The van der Waals surface area contributed by atoms with Crippen LogP contribution in [0.15, 0.2) is 21.3 Å². The van der Waals surface area contributed by atoms with Crippen molar-refractivity contribution in [2.45, 2.75) is 0 Å². The van der Waals surface area contributed by atoms with Gasteiger partial charge in [0.2, 0.25) is 0 Å². The highest BCUT2D eigenvalue weighted by molar-refractivity contribution is 9.11. The summed E-state index contributed by atoms with van der Waals surface area (Å²) < 4.78 is 1.31. The first-order chi connectivity index (χ1) is 4.72. The SMILES string of the molecule is O=Cc1cc(Br)nc(Br)c1. The molecular weight excluding hydrogens is 262 g/mol. The molecule has 0 aliphatic carbocycles. The van der Waals surface area contributed by atoms with Crippen molar-refractivity contribution in [3.63, 3.8) is 0 Å². The standard InChI is InChI=1S/C6H3Br2NO/c7-5-1-4(3-10)2-6(8)9-5/h1-3H. The van der Waals surface area contributed by atoms with Gasteiger partial charge in [0, 0.05) is 5.56 Å². The molecule has 0 amide bonds. The van der Waals surface area contributed by atoms with E-state index in [1.54, 1.807) is 12.1 Å². The topological polar surface area (TPSA) is 30.0 Å². The molecule has 0 spiro atoms. The van der Waals surface area contributed by atoms with Crippen molar-refractivity contribution in [3.8, 4) is 0 Å². The normalized spacial score (nSPS) is 9.40. The number of rotatable bonds is 1. The minimum absolute atomic E-state index is 0.605. The number of aromatic nitrogens is 1. The third-order valence-electron chi connectivity index (χ3n) is 0.921. The zero-order valence-corrected chi connectivity index (χ0v) is 8.02. The molecule has 1 aromatic rings. The lowest BCUT2D eigenvalue weighted by molar-refractivity contribution is 0.112. The van der Waals surface area contributed by atoms with Gasteiger partial charge in [0.25, 0.3) is 0 Å². The Morgan fingerprint density at radius 1 is 1.30 bits per heavy atom. The molecular formula is C6H3Br2NO. The Labute approximate surface area is 74.9 Å². The van der Waals surface area contributed by atoms with Crippen LogP contribution in [0.3, 0.4) is 0 Å². The minimum atomic E-state index is 0.605. The van der Waals surface area contributed by atoms with Crippen LogP contribution in [0.5, 0.6) is 0 Å². The molecule has 0 saturated carbocycles. The number of hydrogen-bond donors (Lipinski definition) is 0. The van der Waals surface area contributed by atoms with E-state index in [4.69, 9.17) is 0 Å². The number of aldehydes is 1. The van der Waals surface area contributed by atoms with Gasteiger partial charge in [-0.15, -0.1) is 0 Å². The van der Waals surface area contributed by atoms with Crippen LogP contribution in [-0.4, -0.2) is 11.3 Å². The highest BCUT2D eigenvalue weighted by Crippen LogP contribution is 2.13. The first kappa shape index (κ1) is 7.88. The van der Waals surface area contributed by atoms with Crippen LogP contribution in [0.4, 0.5) is 0 Å². The van der Waals surface area contributed by atoms with E-state index in [0.29, 0.717) is 14.8 Å². The Balaban J connectivity index is 3.18. The highest BCUT2D eigenvalue weighted by atomic mass is 79.9. The molecule has 0 atom stereocenters. The largest absolute Gasteiger partial charge is 0.298 e. The van der Waals surface area contributed by atoms with E-state index >= 15 is 0 Å². The molecule has 1 heterocycles. The first-order valence-corrected chi connectivity index (χ1v) is 4.09. The van der Waals surface area contributed by atoms with Gasteiger partial charge in [-0.1, -0.05) is 0 Å².